The Kier molecular flexibility index (Phi) is 3.57. The molecule has 4 nitrogen and oxygen atoms in total. The maximum absolute atomic E-state index is 12.2. The van der Waals surface area contributed by atoms with Gasteiger partial charge in [0.1, 0.15) is 0 Å². The van der Waals surface area contributed by atoms with Gasteiger partial charge in [0.05, 0.1) is 5.56 Å². The van der Waals surface area contributed by atoms with Crippen molar-refractivity contribution in [1.29, 1.82) is 0 Å². The van der Waals surface area contributed by atoms with Crippen molar-refractivity contribution < 1.29 is 19.8 Å². The van der Waals surface area contributed by atoms with E-state index < -0.39 is 17.3 Å². The second kappa shape index (κ2) is 5.17. The molecule has 0 fully saturated rings. The molecule has 1 aliphatic rings. The molecule has 3 rings (SSSR count). The first-order valence-corrected chi connectivity index (χ1v) is 6.34. The summed E-state index contributed by atoms with van der Waals surface area (Å²) in [6, 6.07) is 8.97. The lowest BCUT2D eigenvalue weighted by atomic mass is 9.83. The second-order valence-corrected chi connectivity index (χ2v) is 4.06. The van der Waals surface area contributed by atoms with Crippen LogP contribution in [-0.4, -0.2) is 21.8 Å². The van der Waals surface area contributed by atoms with Gasteiger partial charge in [0, 0.05) is 16.7 Å². The highest BCUT2D eigenvalue weighted by Gasteiger charge is 2.32. The van der Waals surface area contributed by atoms with Crippen LogP contribution >= 0.6 is 0 Å². The molecule has 2 N–H and O–H groups in total. The highest BCUT2D eigenvalue weighted by Crippen LogP contribution is 2.37. The lowest BCUT2D eigenvalue weighted by Gasteiger charge is -2.18. The quantitative estimate of drug-likeness (QED) is 0.616. The molecule has 0 spiro atoms. The highest BCUT2D eigenvalue weighted by atomic mass is 16.3. The van der Waals surface area contributed by atoms with Crippen molar-refractivity contribution in [3.63, 3.8) is 0 Å². The number of phenols is 2. The monoisotopic (exact) mass is 270 g/mol. The van der Waals surface area contributed by atoms with Crippen LogP contribution in [0.5, 0.6) is 11.5 Å². The summed E-state index contributed by atoms with van der Waals surface area (Å²) in [7, 11) is 0. The Labute approximate surface area is 116 Å². The van der Waals surface area contributed by atoms with E-state index in [2.05, 4.69) is 0 Å². The van der Waals surface area contributed by atoms with Gasteiger partial charge in [-0.1, -0.05) is 38.1 Å². The van der Waals surface area contributed by atoms with Crippen LogP contribution in [0.1, 0.15) is 45.7 Å². The molecular weight excluding hydrogens is 256 g/mol. The molecule has 102 valence electrons. The maximum atomic E-state index is 12.2. The predicted molar refractivity (Wildman–Crippen MR) is 74.4 cm³/mol. The number of phenolic OH excluding ortho intramolecular Hbond substituents is 2. The number of fused-ring (bicyclic) bond motifs is 2. The van der Waals surface area contributed by atoms with E-state index in [1.807, 2.05) is 13.8 Å². The molecule has 1 aliphatic carbocycles. The zero-order valence-corrected chi connectivity index (χ0v) is 11.2. The molecule has 0 saturated carbocycles. The molecule has 0 aromatic heterocycles. The molecule has 0 radical (unpaired) electrons. The standard InChI is InChI=1S/C14H8O4.C2H6/c15-10-6-5-9-11(14(10)18)13(17)8-4-2-1-3-7(8)12(9)16;1-2/h1-6,15,18H;1-2H3. The topological polar surface area (TPSA) is 74.6 Å². The molecule has 0 aliphatic heterocycles. The van der Waals surface area contributed by atoms with E-state index in [1.54, 1.807) is 18.2 Å². The molecule has 0 saturated heterocycles. The van der Waals surface area contributed by atoms with Crippen molar-refractivity contribution in [2.24, 2.45) is 0 Å². The van der Waals surface area contributed by atoms with Gasteiger partial charge in [0.2, 0.25) is 0 Å². The molecule has 20 heavy (non-hydrogen) atoms. The third-order valence-corrected chi connectivity index (χ3v) is 3.04. The summed E-state index contributed by atoms with van der Waals surface area (Å²) in [6.07, 6.45) is 0. The van der Waals surface area contributed by atoms with Gasteiger partial charge < -0.3 is 10.2 Å². The summed E-state index contributed by atoms with van der Waals surface area (Å²) in [5.41, 5.74) is 0.559. The minimum atomic E-state index is -0.541. The summed E-state index contributed by atoms with van der Waals surface area (Å²) in [5, 5.41) is 19.1. The first-order chi connectivity index (χ1) is 9.61. The molecule has 4 heteroatoms. The van der Waals surface area contributed by atoms with E-state index in [0.29, 0.717) is 5.56 Å². The minimum absolute atomic E-state index is 0.119. The molecule has 0 atom stereocenters. The Morgan fingerprint density at radius 3 is 1.90 bits per heavy atom. The molecule has 0 amide bonds. The number of benzene rings is 2. The van der Waals surface area contributed by atoms with Crippen LogP contribution in [0.4, 0.5) is 0 Å². The lowest BCUT2D eigenvalue weighted by Crippen LogP contribution is -2.20. The fourth-order valence-corrected chi connectivity index (χ4v) is 2.16. The van der Waals surface area contributed by atoms with Crippen LogP contribution < -0.4 is 0 Å². The highest BCUT2D eigenvalue weighted by molar-refractivity contribution is 6.29. The summed E-state index contributed by atoms with van der Waals surface area (Å²) < 4.78 is 0. The molecule has 0 bridgehead atoms. The van der Waals surface area contributed by atoms with E-state index in [0.717, 1.165) is 0 Å². The first-order valence-electron chi connectivity index (χ1n) is 6.34. The molecule has 2 aromatic carbocycles. The summed E-state index contributed by atoms with van der Waals surface area (Å²) in [4.78, 5) is 24.4. The summed E-state index contributed by atoms with van der Waals surface area (Å²) in [6.45, 7) is 4.00. The second-order valence-electron chi connectivity index (χ2n) is 4.06. The maximum Gasteiger partial charge on any atom is 0.198 e. The number of carbonyl (C=O) groups is 2. The van der Waals surface area contributed by atoms with Gasteiger partial charge in [-0.05, 0) is 12.1 Å². The Morgan fingerprint density at radius 1 is 0.750 bits per heavy atom. The fourth-order valence-electron chi connectivity index (χ4n) is 2.16. The van der Waals surface area contributed by atoms with Gasteiger partial charge in [0.15, 0.2) is 23.1 Å². The van der Waals surface area contributed by atoms with Crippen molar-refractivity contribution in [3.8, 4) is 11.5 Å². The van der Waals surface area contributed by atoms with Crippen LogP contribution in [0, 0.1) is 0 Å². The van der Waals surface area contributed by atoms with Crippen LogP contribution in [0.3, 0.4) is 0 Å². The van der Waals surface area contributed by atoms with E-state index in [-0.39, 0.29) is 22.5 Å². The van der Waals surface area contributed by atoms with E-state index in [1.165, 1.54) is 18.2 Å². The molecule has 0 heterocycles. The zero-order chi connectivity index (χ0) is 14.9. The number of aromatic hydroxyl groups is 2. The van der Waals surface area contributed by atoms with Crippen molar-refractivity contribution >= 4 is 11.6 Å². The fraction of sp³-hybridized carbons (Fsp3) is 0.125. The van der Waals surface area contributed by atoms with Gasteiger partial charge >= 0.3 is 0 Å². The average Bonchev–Trinajstić information content (AvgIpc) is 2.49. The SMILES string of the molecule is CC.O=C1c2ccccc2C(=O)c2c1ccc(O)c2O. The molecule has 0 unspecified atom stereocenters. The number of hydrogen-bond donors (Lipinski definition) is 2. The van der Waals surface area contributed by atoms with Crippen molar-refractivity contribution in [2.75, 3.05) is 0 Å². The summed E-state index contributed by atoms with van der Waals surface area (Å²) in [5.74, 6) is -1.72. The van der Waals surface area contributed by atoms with Crippen LogP contribution in [0.15, 0.2) is 36.4 Å². The Hall–Kier alpha value is -2.62. The minimum Gasteiger partial charge on any atom is -0.504 e. The van der Waals surface area contributed by atoms with Crippen LogP contribution in [-0.2, 0) is 0 Å². The van der Waals surface area contributed by atoms with Gasteiger partial charge in [-0.3, -0.25) is 9.59 Å². The van der Waals surface area contributed by atoms with Crippen molar-refractivity contribution in [1.82, 2.24) is 0 Å². The van der Waals surface area contributed by atoms with Crippen molar-refractivity contribution in [2.45, 2.75) is 13.8 Å². The molecule has 2 aromatic rings. The Morgan fingerprint density at radius 2 is 1.30 bits per heavy atom. The van der Waals surface area contributed by atoms with E-state index >= 15 is 0 Å². The average molecular weight is 270 g/mol. The largest absolute Gasteiger partial charge is 0.504 e. The normalized spacial score (nSPS) is 12.1. The zero-order valence-electron chi connectivity index (χ0n) is 11.2. The lowest BCUT2D eigenvalue weighted by molar-refractivity contribution is 0.0976. The predicted octanol–water partition coefficient (Wildman–Crippen LogP) is 2.90. The number of ketones is 2. The van der Waals surface area contributed by atoms with Crippen LogP contribution in [0.2, 0.25) is 0 Å². The first kappa shape index (κ1) is 13.8. The third-order valence-electron chi connectivity index (χ3n) is 3.04. The van der Waals surface area contributed by atoms with E-state index in [9.17, 15) is 19.8 Å². The van der Waals surface area contributed by atoms with Gasteiger partial charge in [0.25, 0.3) is 0 Å². The smallest absolute Gasteiger partial charge is 0.198 e. The summed E-state index contributed by atoms with van der Waals surface area (Å²) >= 11 is 0. The molecular formula is C16H14O4. The Bertz CT molecular complexity index is 702. The van der Waals surface area contributed by atoms with Crippen molar-refractivity contribution in [3.05, 3.63) is 58.7 Å². The number of carbonyl (C=O) groups excluding carboxylic acids is 2. The third kappa shape index (κ3) is 1.86. The number of hydrogen-bond acceptors (Lipinski definition) is 4. The Balaban J connectivity index is 0.000000704. The van der Waals surface area contributed by atoms with Gasteiger partial charge in [-0.2, -0.15) is 0 Å². The van der Waals surface area contributed by atoms with Crippen LogP contribution in [0.25, 0.3) is 0 Å². The van der Waals surface area contributed by atoms with E-state index in [4.69, 9.17) is 0 Å². The van der Waals surface area contributed by atoms with Gasteiger partial charge in [-0.25, -0.2) is 0 Å². The number of rotatable bonds is 0. The van der Waals surface area contributed by atoms with Gasteiger partial charge in [-0.15, -0.1) is 0 Å².